The first-order valence-corrected chi connectivity index (χ1v) is 5.41. The van der Waals surface area contributed by atoms with Gasteiger partial charge in [0, 0.05) is 24.8 Å². The maximum absolute atomic E-state index is 11.6. The summed E-state index contributed by atoms with van der Waals surface area (Å²) < 4.78 is 6.85. The average Bonchev–Trinajstić information content (AvgIpc) is 2.34. The van der Waals surface area contributed by atoms with E-state index in [-0.39, 0.29) is 12.7 Å². The molecule has 1 unspecified atom stereocenters. The fourth-order valence-electron chi connectivity index (χ4n) is 1.76. The molecule has 17 heavy (non-hydrogen) atoms. The van der Waals surface area contributed by atoms with Gasteiger partial charge in [-0.3, -0.25) is 14.3 Å². The Morgan fingerprint density at radius 3 is 3.00 bits per heavy atom. The van der Waals surface area contributed by atoms with Crippen LogP contribution in [0.4, 0.5) is 0 Å². The lowest BCUT2D eigenvalue weighted by Crippen LogP contribution is -2.47. The van der Waals surface area contributed by atoms with Crippen LogP contribution in [0, 0.1) is 6.92 Å². The largest absolute Gasteiger partial charge is 0.394 e. The second kappa shape index (κ2) is 4.82. The Hall–Kier alpha value is -1.44. The first-order valence-electron chi connectivity index (χ1n) is 5.41. The molecule has 94 valence electrons. The van der Waals surface area contributed by atoms with Gasteiger partial charge in [-0.2, -0.15) is 0 Å². The normalized spacial score (nSPS) is 24.8. The molecule has 1 fully saturated rings. The number of aromatic nitrogens is 2. The molecule has 0 radical (unpaired) electrons. The van der Waals surface area contributed by atoms with E-state index in [2.05, 4.69) is 10.3 Å². The molecule has 2 heterocycles. The van der Waals surface area contributed by atoms with Crippen molar-refractivity contribution in [2.45, 2.75) is 19.3 Å². The van der Waals surface area contributed by atoms with E-state index in [1.54, 1.807) is 6.92 Å². The third kappa shape index (κ3) is 2.46. The summed E-state index contributed by atoms with van der Waals surface area (Å²) in [5, 5.41) is 12.1. The number of aryl methyl sites for hydroxylation is 1. The van der Waals surface area contributed by atoms with E-state index in [1.165, 1.54) is 10.8 Å². The van der Waals surface area contributed by atoms with Crippen molar-refractivity contribution in [2.75, 3.05) is 19.7 Å². The summed E-state index contributed by atoms with van der Waals surface area (Å²) in [7, 11) is 0. The Morgan fingerprint density at radius 1 is 1.53 bits per heavy atom. The summed E-state index contributed by atoms with van der Waals surface area (Å²) in [6.45, 7) is 2.51. The topological polar surface area (TPSA) is 96.3 Å². The number of rotatable bonds is 2. The molecule has 0 spiro atoms. The monoisotopic (exact) mass is 241 g/mol. The Balaban J connectivity index is 2.31. The van der Waals surface area contributed by atoms with Crippen LogP contribution >= 0.6 is 0 Å². The molecule has 0 aliphatic carbocycles. The lowest BCUT2D eigenvalue weighted by molar-refractivity contribution is -0.0968. The molecular weight excluding hydrogens is 226 g/mol. The smallest absolute Gasteiger partial charge is 0.330 e. The van der Waals surface area contributed by atoms with Crippen LogP contribution < -0.4 is 16.6 Å². The van der Waals surface area contributed by atoms with E-state index in [0.29, 0.717) is 18.7 Å². The molecule has 1 aliphatic rings. The van der Waals surface area contributed by atoms with Crippen molar-refractivity contribution in [1.29, 1.82) is 0 Å². The minimum atomic E-state index is -0.510. The SMILES string of the molecule is Cc1cn(C2CNC[C@@H](CO)O2)c(=O)[nH]c1=O. The second-order valence-corrected chi connectivity index (χ2v) is 4.03. The van der Waals surface area contributed by atoms with Crippen molar-refractivity contribution in [2.24, 2.45) is 0 Å². The number of H-pyrrole nitrogens is 1. The number of aliphatic hydroxyl groups excluding tert-OH is 1. The molecule has 7 nitrogen and oxygen atoms in total. The zero-order valence-corrected chi connectivity index (χ0v) is 9.47. The van der Waals surface area contributed by atoms with E-state index in [1.807, 2.05) is 0 Å². The average molecular weight is 241 g/mol. The van der Waals surface area contributed by atoms with E-state index in [9.17, 15) is 9.59 Å². The maximum Gasteiger partial charge on any atom is 0.330 e. The van der Waals surface area contributed by atoms with Crippen LogP contribution in [0.5, 0.6) is 0 Å². The number of hydrogen-bond acceptors (Lipinski definition) is 5. The maximum atomic E-state index is 11.6. The quantitative estimate of drug-likeness (QED) is 0.575. The summed E-state index contributed by atoms with van der Waals surface area (Å²) >= 11 is 0. The predicted octanol–water partition coefficient (Wildman–Crippen LogP) is -1.68. The second-order valence-electron chi connectivity index (χ2n) is 4.03. The molecule has 0 aromatic carbocycles. The van der Waals surface area contributed by atoms with Gasteiger partial charge in [0.15, 0.2) is 6.23 Å². The van der Waals surface area contributed by atoms with Crippen molar-refractivity contribution in [1.82, 2.24) is 14.9 Å². The number of nitrogens with one attached hydrogen (secondary N) is 2. The Morgan fingerprint density at radius 2 is 2.29 bits per heavy atom. The molecule has 1 aromatic heterocycles. The van der Waals surface area contributed by atoms with E-state index in [4.69, 9.17) is 9.84 Å². The third-order valence-electron chi connectivity index (χ3n) is 2.70. The number of hydrogen-bond donors (Lipinski definition) is 3. The van der Waals surface area contributed by atoms with Crippen molar-refractivity contribution >= 4 is 0 Å². The number of ether oxygens (including phenoxy) is 1. The molecule has 1 saturated heterocycles. The standard InChI is InChI=1S/C10H15N3O4/c1-6-4-13(10(16)12-9(6)15)8-3-11-2-7(5-14)17-8/h4,7-8,11,14H,2-3,5H2,1H3,(H,12,15,16)/t7-,8?/m0/s1. The minimum absolute atomic E-state index is 0.111. The van der Waals surface area contributed by atoms with E-state index in [0.717, 1.165) is 0 Å². The predicted molar refractivity (Wildman–Crippen MR) is 59.9 cm³/mol. The molecule has 7 heteroatoms. The highest BCUT2D eigenvalue weighted by molar-refractivity contribution is 5.01. The highest BCUT2D eigenvalue weighted by atomic mass is 16.5. The third-order valence-corrected chi connectivity index (χ3v) is 2.70. The zero-order valence-electron chi connectivity index (χ0n) is 9.47. The Kier molecular flexibility index (Phi) is 3.41. The van der Waals surface area contributed by atoms with Gasteiger partial charge in [0.2, 0.25) is 0 Å². The van der Waals surface area contributed by atoms with Gasteiger partial charge < -0.3 is 15.2 Å². The molecule has 0 bridgehead atoms. The van der Waals surface area contributed by atoms with Crippen LogP contribution in [0.2, 0.25) is 0 Å². The summed E-state index contributed by atoms with van der Waals surface area (Å²) in [4.78, 5) is 25.1. The Bertz CT molecular complexity index is 507. The molecule has 0 amide bonds. The fraction of sp³-hybridized carbons (Fsp3) is 0.600. The lowest BCUT2D eigenvalue weighted by Gasteiger charge is -2.30. The van der Waals surface area contributed by atoms with Gasteiger partial charge in [0.25, 0.3) is 5.56 Å². The summed E-state index contributed by atoms with van der Waals surface area (Å²) in [5.41, 5.74) is -0.459. The number of morpholine rings is 1. The highest BCUT2D eigenvalue weighted by Crippen LogP contribution is 2.11. The molecule has 1 aliphatic heterocycles. The number of aromatic amines is 1. The highest BCUT2D eigenvalue weighted by Gasteiger charge is 2.23. The van der Waals surface area contributed by atoms with Crippen LogP contribution in [0.15, 0.2) is 15.8 Å². The summed E-state index contributed by atoms with van der Waals surface area (Å²) in [5.74, 6) is 0. The first kappa shape index (κ1) is 12.0. The van der Waals surface area contributed by atoms with Crippen molar-refractivity contribution in [3.05, 3.63) is 32.6 Å². The van der Waals surface area contributed by atoms with Crippen LogP contribution in [0.25, 0.3) is 0 Å². The fourth-order valence-corrected chi connectivity index (χ4v) is 1.76. The molecular formula is C10H15N3O4. The van der Waals surface area contributed by atoms with Gasteiger partial charge in [-0.1, -0.05) is 0 Å². The van der Waals surface area contributed by atoms with E-state index < -0.39 is 17.5 Å². The van der Waals surface area contributed by atoms with Crippen molar-refractivity contribution in [3.8, 4) is 0 Å². The van der Waals surface area contributed by atoms with Crippen LogP contribution in [-0.2, 0) is 4.74 Å². The van der Waals surface area contributed by atoms with Gasteiger partial charge >= 0.3 is 5.69 Å². The summed E-state index contributed by atoms with van der Waals surface area (Å²) in [6, 6.07) is 0. The van der Waals surface area contributed by atoms with Gasteiger partial charge in [0.05, 0.1) is 12.7 Å². The minimum Gasteiger partial charge on any atom is -0.394 e. The Labute approximate surface area is 97.0 Å². The van der Waals surface area contributed by atoms with Crippen LogP contribution in [0.3, 0.4) is 0 Å². The van der Waals surface area contributed by atoms with Gasteiger partial charge in [-0.15, -0.1) is 0 Å². The van der Waals surface area contributed by atoms with Gasteiger partial charge in [0.1, 0.15) is 0 Å². The van der Waals surface area contributed by atoms with Crippen LogP contribution in [0.1, 0.15) is 11.8 Å². The first-order chi connectivity index (χ1) is 8.11. The van der Waals surface area contributed by atoms with E-state index >= 15 is 0 Å². The van der Waals surface area contributed by atoms with Crippen LogP contribution in [-0.4, -0.2) is 40.5 Å². The molecule has 2 atom stereocenters. The van der Waals surface area contributed by atoms with Gasteiger partial charge in [-0.25, -0.2) is 4.79 Å². The van der Waals surface area contributed by atoms with Crippen molar-refractivity contribution in [3.63, 3.8) is 0 Å². The van der Waals surface area contributed by atoms with Gasteiger partial charge in [-0.05, 0) is 6.92 Å². The molecule has 0 saturated carbocycles. The number of nitrogens with zero attached hydrogens (tertiary/aromatic N) is 1. The van der Waals surface area contributed by atoms with Crippen molar-refractivity contribution < 1.29 is 9.84 Å². The summed E-state index contributed by atoms with van der Waals surface area (Å²) in [6.07, 6.45) is 0.615. The number of aliphatic hydroxyl groups is 1. The molecule has 2 rings (SSSR count). The zero-order chi connectivity index (χ0) is 12.4. The lowest BCUT2D eigenvalue weighted by atomic mass is 10.3. The molecule has 3 N–H and O–H groups in total. The molecule has 1 aromatic rings.